The van der Waals surface area contributed by atoms with Gasteiger partial charge in [-0.05, 0) is 36.8 Å². The van der Waals surface area contributed by atoms with Crippen molar-refractivity contribution in [2.75, 3.05) is 14.1 Å². The van der Waals surface area contributed by atoms with Crippen LogP contribution >= 0.6 is 11.3 Å². The van der Waals surface area contributed by atoms with Gasteiger partial charge in [-0.1, -0.05) is 0 Å². The normalized spacial score (nSPS) is 11.6. The summed E-state index contributed by atoms with van der Waals surface area (Å²) < 4.78 is 0. The molecule has 0 aliphatic heterocycles. The van der Waals surface area contributed by atoms with Crippen molar-refractivity contribution in [3.8, 4) is 0 Å². The predicted octanol–water partition coefficient (Wildman–Crippen LogP) is 2.32. The zero-order valence-electron chi connectivity index (χ0n) is 9.73. The van der Waals surface area contributed by atoms with Crippen LogP contribution in [0.3, 0.4) is 0 Å². The summed E-state index contributed by atoms with van der Waals surface area (Å²) in [6.45, 7) is 1.95. The first-order valence-electron chi connectivity index (χ1n) is 5.01. The molecule has 0 atom stereocenters. The van der Waals surface area contributed by atoms with Gasteiger partial charge in [-0.2, -0.15) is 5.10 Å². The fourth-order valence-corrected chi connectivity index (χ4v) is 2.22. The molecule has 5 heteroatoms. The lowest BCUT2D eigenvalue weighted by molar-refractivity contribution is 0.0701. The number of nitrogens with zero attached hydrogens (tertiary/aromatic N) is 2. The number of rotatable bonds is 5. The van der Waals surface area contributed by atoms with Crippen molar-refractivity contribution >= 4 is 23.0 Å². The summed E-state index contributed by atoms with van der Waals surface area (Å²) >= 11 is 1.27. The van der Waals surface area contributed by atoms with E-state index >= 15 is 0 Å². The van der Waals surface area contributed by atoms with Crippen LogP contribution in [0.2, 0.25) is 0 Å². The molecule has 0 saturated carbocycles. The van der Waals surface area contributed by atoms with Crippen LogP contribution in [-0.4, -0.2) is 35.9 Å². The predicted molar refractivity (Wildman–Crippen MR) is 66.4 cm³/mol. The first-order chi connectivity index (χ1) is 7.50. The van der Waals surface area contributed by atoms with Gasteiger partial charge in [0.2, 0.25) is 0 Å². The number of aryl methyl sites for hydroxylation is 1. The second-order valence-electron chi connectivity index (χ2n) is 3.76. The summed E-state index contributed by atoms with van der Waals surface area (Å²) in [5.41, 5.74) is 1.90. The number of hydrogen-bond acceptors (Lipinski definition) is 4. The molecule has 0 unspecified atom stereocenters. The van der Waals surface area contributed by atoms with E-state index in [1.807, 2.05) is 32.5 Å². The van der Waals surface area contributed by atoms with E-state index in [9.17, 15) is 4.79 Å². The molecule has 0 spiro atoms. The fraction of sp³-hybridized carbons (Fsp3) is 0.455. The molecule has 0 radical (unpaired) electrons. The van der Waals surface area contributed by atoms with Gasteiger partial charge in [-0.3, -0.25) is 0 Å². The van der Waals surface area contributed by atoms with E-state index in [1.54, 1.807) is 5.01 Å². The van der Waals surface area contributed by atoms with E-state index in [-0.39, 0.29) is 0 Å². The lowest BCUT2D eigenvalue weighted by Crippen LogP contribution is -2.07. The van der Waals surface area contributed by atoms with Crippen molar-refractivity contribution in [3.63, 3.8) is 0 Å². The molecule has 1 rings (SSSR count). The Morgan fingerprint density at radius 3 is 2.81 bits per heavy atom. The Morgan fingerprint density at radius 1 is 1.56 bits per heavy atom. The SMILES string of the molecule is CC(CCc1ccsc1C(=O)O)=NN(C)C. The summed E-state index contributed by atoms with van der Waals surface area (Å²) in [5.74, 6) is -0.841. The number of hydrazone groups is 1. The van der Waals surface area contributed by atoms with Crippen LogP contribution in [-0.2, 0) is 6.42 Å². The van der Waals surface area contributed by atoms with Crippen molar-refractivity contribution in [2.45, 2.75) is 19.8 Å². The van der Waals surface area contributed by atoms with Gasteiger partial charge in [-0.15, -0.1) is 11.3 Å². The number of thiophene rings is 1. The largest absolute Gasteiger partial charge is 0.477 e. The third kappa shape index (κ3) is 3.66. The summed E-state index contributed by atoms with van der Waals surface area (Å²) in [6.07, 6.45) is 1.52. The average molecular weight is 240 g/mol. The monoisotopic (exact) mass is 240 g/mol. The standard InChI is InChI=1S/C11H16N2O2S/c1-8(12-13(2)3)4-5-9-6-7-16-10(9)11(14)15/h6-7H,4-5H2,1-3H3,(H,14,15). The molecule has 0 aromatic carbocycles. The zero-order chi connectivity index (χ0) is 12.1. The molecule has 0 aliphatic rings. The van der Waals surface area contributed by atoms with Crippen molar-refractivity contribution in [2.24, 2.45) is 5.10 Å². The molecular weight excluding hydrogens is 224 g/mol. The lowest BCUT2D eigenvalue weighted by Gasteiger charge is -2.07. The molecule has 0 amide bonds. The van der Waals surface area contributed by atoms with E-state index in [4.69, 9.17) is 5.11 Å². The molecular formula is C11H16N2O2S. The number of carboxylic acids is 1. The van der Waals surface area contributed by atoms with E-state index in [1.165, 1.54) is 11.3 Å². The lowest BCUT2D eigenvalue weighted by atomic mass is 10.1. The van der Waals surface area contributed by atoms with Crippen LogP contribution < -0.4 is 0 Å². The van der Waals surface area contributed by atoms with Crippen molar-refractivity contribution < 1.29 is 9.90 Å². The van der Waals surface area contributed by atoms with Crippen LogP contribution in [0, 0.1) is 0 Å². The molecule has 16 heavy (non-hydrogen) atoms. The molecule has 4 nitrogen and oxygen atoms in total. The number of carbonyl (C=O) groups is 1. The minimum Gasteiger partial charge on any atom is -0.477 e. The summed E-state index contributed by atoms with van der Waals surface area (Å²) in [6, 6.07) is 1.87. The number of carboxylic acid groups (broad SMARTS) is 1. The molecule has 88 valence electrons. The van der Waals surface area contributed by atoms with Crippen LogP contribution in [0.5, 0.6) is 0 Å². The van der Waals surface area contributed by atoms with Crippen molar-refractivity contribution in [3.05, 3.63) is 21.9 Å². The zero-order valence-corrected chi connectivity index (χ0v) is 10.5. The molecule has 0 aliphatic carbocycles. The molecule has 1 aromatic heterocycles. The highest BCUT2D eigenvalue weighted by Crippen LogP contribution is 2.18. The maximum Gasteiger partial charge on any atom is 0.346 e. The second kappa shape index (κ2) is 5.65. The minimum absolute atomic E-state index is 0.442. The third-order valence-electron chi connectivity index (χ3n) is 2.07. The maximum atomic E-state index is 10.9. The Hall–Kier alpha value is -1.36. The Bertz CT molecular complexity index is 396. The Balaban J connectivity index is 2.61. The van der Waals surface area contributed by atoms with Crippen molar-refractivity contribution in [1.29, 1.82) is 0 Å². The Kier molecular flexibility index (Phi) is 4.49. The van der Waals surface area contributed by atoms with Crippen LogP contribution in [0.25, 0.3) is 0 Å². The van der Waals surface area contributed by atoms with Gasteiger partial charge in [0, 0.05) is 19.8 Å². The van der Waals surface area contributed by atoms with Crippen LogP contribution in [0.1, 0.15) is 28.6 Å². The van der Waals surface area contributed by atoms with E-state index in [0.29, 0.717) is 4.88 Å². The van der Waals surface area contributed by atoms with Crippen LogP contribution in [0.15, 0.2) is 16.5 Å². The van der Waals surface area contributed by atoms with E-state index in [0.717, 1.165) is 24.1 Å². The third-order valence-corrected chi connectivity index (χ3v) is 3.01. The summed E-state index contributed by atoms with van der Waals surface area (Å²) in [7, 11) is 3.74. The van der Waals surface area contributed by atoms with Gasteiger partial charge >= 0.3 is 5.97 Å². The quantitative estimate of drug-likeness (QED) is 0.634. The topological polar surface area (TPSA) is 52.9 Å². The van der Waals surface area contributed by atoms with Gasteiger partial charge in [0.25, 0.3) is 0 Å². The molecule has 1 aromatic rings. The molecule has 1 N–H and O–H groups in total. The van der Waals surface area contributed by atoms with Gasteiger partial charge in [0.1, 0.15) is 4.88 Å². The van der Waals surface area contributed by atoms with Crippen LogP contribution in [0.4, 0.5) is 0 Å². The Morgan fingerprint density at radius 2 is 2.25 bits per heavy atom. The van der Waals surface area contributed by atoms with Gasteiger partial charge in [0.05, 0.1) is 0 Å². The van der Waals surface area contributed by atoms with E-state index < -0.39 is 5.97 Å². The van der Waals surface area contributed by atoms with E-state index in [2.05, 4.69) is 5.10 Å². The molecule has 0 bridgehead atoms. The molecule has 0 fully saturated rings. The molecule has 0 saturated heterocycles. The van der Waals surface area contributed by atoms with Gasteiger partial charge < -0.3 is 10.1 Å². The second-order valence-corrected chi connectivity index (χ2v) is 4.68. The maximum absolute atomic E-state index is 10.9. The van der Waals surface area contributed by atoms with Crippen molar-refractivity contribution in [1.82, 2.24) is 5.01 Å². The highest BCUT2D eigenvalue weighted by atomic mass is 32.1. The average Bonchev–Trinajstić information content (AvgIpc) is 2.61. The Labute approximate surface area is 99.2 Å². The summed E-state index contributed by atoms with van der Waals surface area (Å²) in [5, 5.41) is 16.8. The highest BCUT2D eigenvalue weighted by Gasteiger charge is 2.11. The first kappa shape index (κ1) is 12.7. The minimum atomic E-state index is -0.841. The molecule has 1 heterocycles. The van der Waals surface area contributed by atoms with Gasteiger partial charge in [0.15, 0.2) is 0 Å². The fourth-order valence-electron chi connectivity index (χ4n) is 1.43. The van der Waals surface area contributed by atoms with Gasteiger partial charge in [-0.25, -0.2) is 4.79 Å². The highest BCUT2D eigenvalue weighted by molar-refractivity contribution is 7.12. The number of aromatic carboxylic acids is 1. The summed E-state index contributed by atoms with van der Waals surface area (Å²) in [4.78, 5) is 11.3. The first-order valence-corrected chi connectivity index (χ1v) is 5.89. The smallest absolute Gasteiger partial charge is 0.346 e. The number of hydrogen-bond donors (Lipinski definition) is 1.